The second-order valence-corrected chi connectivity index (χ2v) is 10.3. The number of methoxy groups -OCH3 is 2. The second kappa shape index (κ2) is 11.9. The largest absolute Gasteiger partial charge is 0.494 e. The first-order valence-electron chi connectivity index (χ1n) is 13.9. The lowest BCUT2D eigenvalue weighted by Gasteiger charge is -2.17. The molecule has 1 aliphatic heterocycles. The molecule has 0 radical (unpaired) electrons. The van der Waals surface area contributed by atoms with Crippen molar-refractivity contribution in [2.75, 3.05) is 38.4 Å². The van der Waals surface area contributed by atoms with Gasteiger partial charge >= 0.3 is 0 Å². The molecule has 0 saturated carbocycles. The summed E-state index contributed by atoms with van der Waals surface area (Å²) in [7, 11) is 5.22. The van der Waals surface area contributed by atoms with Crippen molar-refractivity contribution in [1.82, 2.24) is 29.5 Å². The Labute approximate surface area is 248 Å². The number of benzene rings is 2. The first-order chi connectivity index (χ1) is 20.9. The van der Waals surface area contributed by atoms with Gasteiger partial charge in [0.25, 0.3) is 0 Å². The molecule has 220 valence electrons. The van der Waals surface area contributed by atoms with Crippen LogP contribution in [0.2, 0.25) is 0 Å². The average molecular weight is 581 g/mol. The lowest BCUT2D eigenvalue weighted by molar-refractivity contribution is -0.111. The molecule has 6 rings (SSSR count). The van der Waals surface area contributed by atoms with E-state index in [1.807, 2.05) is 37.3 Å². The Hall–Kier alpha value is -5.23. The van der Waals surface area contributed by atoms with Crippen molar-refractivity contribution in [3.8, 4) is 23.0 Å². The number of rotatable bonds is 9. The first kappa shape index (κ1) is 27.9. The number of likely N-dealkylation sites (tertiary alicyclic amines) is 1. The Morgan fingerprint density at radius 2 is 1.84 bits per heavy atom. The third-order valence-corrected chi connectivity index (χ3v) is 7.49. The van der Waals surface area contributed by atoms with Crippen molar-refractivity contribution in [2.24, 2.45) is 0 Å². The average Bonchev–Trinajstić information content (AvgIpc) is 3.65. The van der Waals surface area contributed by atoms with Crippen LogP contribution in [0.3, 0.4) is 0 Å². The summed E-state index contributed by atoms with van der Waals surface area (Å²) in [5.74, 6) is 2.61. The number of aromatic nitrogens is 5. The number of amides is 1. The maximum atomic E-state index is 12.8. The van der Waals surface area contributed by atoms with Gasteiger partial charge in [0.15, 0.2) is 5.65 Å². The molecule has 43 heavy (non-hydrogen) atoms. The van der Waals surface area contributed by atoms with Crippen LogP contribution in [-0.2, 0) is 4.79 Å². The highest BCUT2D eigenvalue weighted by Crippen LogP contribution is 2.38. The maximum absolute atomic E-state index is 12.8. The van der Waals surface area contributed by atoms with E-state index in [1.165, 1.54) is 12.7 Å². The fourth-order valence-corrected chi connectivity index (χ4v) is 5.16. The van der Waals surface area contributed by atoms with Gasteiger partial charge in [-0.2, -0.15) is 5.10 Å². The quantitative estimate of drug-likeness (QED) is 0.227. The highest BCUT2D eigenvalue weighted by molar-refractivity contribution is 6.03. The zero-order chi connectivity index (χ0) is 29.9. The molecule has 12 nitrogen and oxygen atoms in total. The van der Waals surface area contributed by atoms with E-state index in [-0.39, 0.29) is 11.9 Å². The zero-order valence-corrected chi connectivity index (χ0v) is 24.4. The number of aryl methyl sites for hydroxylation is 1. The van der Waals surface area contributed by atoms with Crippen molar-refractivity contribution in [3.63, 3.8) is 0 Å². The molecule has 12 heteroatoms. The molecule has 1 aliphatic rings. The molecular weight excluding hydrogens is 548 g/mol. The number of nitrogens with one attached hydrogen (secondary N) is 2. The molecule has 4 heterocycles. The molecule has 1 amide bonds. The van der Waals surface area contributed by atoms with Crippen LogP contribution in [-0.4, -0.2) is 69.2 Å². The van der Waals surface area contributed by atoms with E-state index in [1.54, 1.807) is 43.1 Å². The summed E-state index contributed by atoms with van der Waals surface area (Å²) in [4.78, 5) is 28.2. The lowest BCUT2D eigenvalue weighted by Crippen LogP contribution is -2.23. The summed E-state index contributed by atoms with van der Waals surface area (Å²) in [5, 5.41) is 11.1. The van der Waals surface area contributed by atoms with Gasteiger partial charge in [0, 0.05) is 41.9 Å². The Bertz CT molecular complexity index is 1840. The van der Waals surface area contributed by atoms with Crippen LogP contribution in [0.15, 0.2) is 67.4 Å². The standard InChI is InChI=1S/C31H32N8O4/c1-19-12-24(28(42-4)16-26(19)43-21-9-11-39-29(13-21)33-18-35-39)37-31-22-14-25(27(41-3)15-23(22)32-17-34-31)36-30(40)8-7-20-6-5-10-38(20)2/h7-9,11-18,20H,5-6,10H2,1-4H3,(H,36,40)(H,32,34,37). The first-order valence-corrected chi connectivity index (χ1v) is 13.9. The molecule has 2 aromatic carbocycles. The minimum absolute atomic E-state index is 0.236. The predicted octanol–water partition coefficient (Wildman–Crippen LogP) is 5.12. The molecule has 2 N–H and O–H groups in total. The van der Waals surface area contributed by atoms with Gasteiger partial charge in [0.2, 0.25) is 5.91 Å². The number of ether oxygens (including phenoxy) is 3. The van der Waals surface area contributed by atoms with E-state index in [2.05, 4.69) is 42.6 Å². The lowest BCUT2D eigenvalue weighted by atomic mass is 10.1. The molecule has 1 atom stereocenters. The molecule has 1 saturated heterocycles. The Morgan fingerprint density at radius 1 is 1.00 bits per heavy atom. The fraction of sp³-hybridized carbons (Fsp3) is 0.258. The molecular formula is C31H32N8O4. The van der Waals surface area contributed by atoms with Crippen LogP contribution in [0.25, 0.3) is 16.6 Å². The summed E-state index contributed by atoms with van der Waals surface area (Å²) in [6.07, 6.45) is 10.4. The van der Waals surface area contributed by atoms with Crippen molar-refractivity contribution < 1.29 is 19.0 Å². The van der Waals surface area contributed by atoms with Crippen molar-refractivity contribution >= 4 is 39.6 Å². The molecule has 0 spiro atoms. The molecule has 3 aromatic heterocycles. The number of hydrogen-bond donors (Lipinski definition) is 2. The third kappa shape index (κ3) is 5.90. The number of hydrogen-bond acceptors (Lipinski definition) is 10. The maximum Gasteiger partial charge on any atom is 0.248 e. The summed E-state index contributed by atoms with van der Waals surface area (Å²) in [6, 6.07) is 11.2. The fourth-order valence-electron chi connectivity index (χ4n) is 5.16. The Kier molecular flexibility index (Phi) is 7.75. The zero-order valence-electron chi connectivity index (χ0n) is 24.4. The van der Waals surface area contributed by atoms with Gasteiger partial charge in [0.05, 0.1) is 31.1 Å². The minimum Gasteiger partial charge on any atom is -0.494 e. The number of likely N-dealkylation sites (N-methyl/N-ethyl adjacent to an activating group) is 1. The topological polar surface area (TPSA) is 128 Å². The van der Waals surface area contributed by atoms with E-state index in [9.17, 15) is 4.79 Å². The van der Waals surface area contributed by atoms with Gasteiger partial charge in [-0.15, -0.1) is 0 Å². The highest BCUT2D eigenvalue weighted by Gasteiger charge is 2.19. The number of pyridine rings is 1. The van der Waals surface area contributed by atoms with Gasteiger partial charge in [-0.3, -0.25) is 9.69 Å². The van der Waals surface area contributed by atoms with E-state index in [4.69, 9.17) is 14.2 Å². The van der Waals surface area contributed by atoms with E-state index < -0.39 is 0 Å². The number of carbonyl (C=O) groups is 1. The summed E-state index contributed by atoms with van der Waals surface area (Å²) in [5.41, 5.74) is 3.40. The Morgan fingerprint density at radius 3 is 2.63 bits per heavy atom. The van der Waals surface area contributed by atoms with E-state index in [0.29, 0.717) is 56.7 Å². The molecule has 0 aliphatic carbocycles. The summed E-state index contributed by atoms with van der Waals surface area (Å²) in [6.45, 7) is 2.98. The molecule has 5 aromatic rings. The van der Waals surface area contributed by atoms with Crippen LogP contribution in [0.1, 0.15) is 18.4 Å². The molecule has 1 unspecified atom stereocenters. The normalized spacial score (nSPS) is 15.3. The summed E-state index contributed by atoms with van der Waals surface area (Å²) >= 11 is 0. The van der Waals surface area contributed by atoms with Crippen LogP contribution < -0.4 is 24.8 Å². The van der Waals surface area contributed by atoms with Crippen LogP contribution in [0, 0.1) is 6.92 Å². The monoisotopic (exact) mass is 580 g/mol. The van der Waals surface area contributed by atoms with Crippen molar-refractivity contribution in [1.29, 1.82) is 0 Å². The summed E-state index contributed by atoms with van der Waals surface area (Å²) < 4.78 is 19.1. The SMILES string of the molecule is COc1cc2ncnc(Nc3cc(C)c(Oc4ccn5ncnc5c4)cc3OC)c2cc1NC(=O)C=CC1CCCN1C. The van der Waals surface area contributed by atoms with Gasteiger partial charge in [0.1, 0.15) is 41.5 Å². The second-order valence-electron chi connectivity index (χ2n) is 10.3. The van der Waals surface area contributed by atoms with Gasteiger partial charge < -0.3 is 24.8 Å². The Balaban J connectivity index is 1.27. The molecule has 0 bridgehead atoms. The van der Waals surface area contributed by atoms with Gasteiger partial charge in [-0.1, -0.05) is 6.08 Å². The van der Waals surface area contributed by atoms with Crippen LogP contribution in [0.5, 0.6) is 23.0 Å². The number of anilines is 3. The predicted molar refractivity (Wildman–Crippen MR) is 164 cm³/mol. The minimum atomic E-state index is -0.236. The van der Waals surface area contributed by atoms with Crippen molar-refractivity contribution in [3.05, 3.63) is 73.0 Å². The number of fused-ring (bicyclic) bond motifs is 2. The highest BCUT2D eigenvalue weighted by atomic mass is 16.5. The van der Waals surface area contributed by atoms with E-state index >= 15 is 0 Å². The van der Waals surface area contributed by atoms with E-state index in [0.717, 1.165) is 24.9 Å². The number of nitrogens with zero attached hydrogens (tertiary/aromatic N) is 6. The van der Waals surface area contributed by atoms with Crippen molar-refractivity contribution in [2.45, 2.75) is 25.8 Å². The van der Waals surface area contributed by atoms with Crippen LogP contribution in [0.4, 0.5) is 17.2 Å². The third-order valence-electron chi connectivity index (χ3n) is 7.49. The van der Waals surface area contributed by atoms with Gasteiger partial charge in [-0.05, 0) is 57.1 Å². The van der Waals surface area contributed by atoms with Gasteiger partial charge in [-0.25, -0.2) is 19.5 Å². The smallest absolute Gasteiger partial charge is 0.248 e. The molecule has 1 fully saturated rings. The van der Waals surface area contributed by atoms with Crippen LogP contribution >= 0.6 is 0 Å². The number of carbonyl (C=O) groups excluding carboxylic acids is 1.